The van der Waals surface area contributed by atoms with Crippen molar-refractivity contribution in [2.24, 2.45) is 12.8 Å². The molecule has 0 aromatic carbocycles. The fourth-order valence-electron chi connectivity index (χ4n) is 0.444. The zero-order valence-electron chi connectivity index (χ0n) is 7.99. The Morgan fingerprint density at radius 2 is 2.33 bits per heavy atom. The van der Waals surface area contributed by atoms with Crippen LogP contribution >= 0.6 is 0 Å². The summed E-state index contributed by atoms with van der Waals surface area (Å²) in [6, 6.07) is 0.463. The molecular formula is C8H18N4. The molecule has 4 heteroatoms. The van der Waals surface area contributed by atoms with Crippen LogP contribution in [0.5, 0.6) is 0 Å². The largest absolute Gasteiger partial charge is 0.341 e. The predicted molar refractivity (Wildman–Crippen MR) is 50.8 cm³/mol. The van der Waals surface area contributed by atoms with Gasteiger partial charge in [-0.15, -0.1) is 0 Å². The molecule has 0 aliphatic carbocycles. The Hall–Kier alpha value is -0.870. The van der Waals surface area contributed by atoms with Crippen molar-refractivity contribution >= 4 is 0 Å². The summed E-state index contributed by atoms with van der Waals surface area (Å²) in [5.74, 6) is 0. The first-order valence-corrected chi connectivity index (χ1v) is 4.00. The van der Waals surface area contributed by atoms with E-state index < -0.39 is 0 Å². The smallest absolute Gasteiger partial charge is 0.0943 e. The first-order chi connectivity index (χ1) is 5.70. The van der Waals surface area contributed by atoms with E-state index in [2.05, 4.69) is 10.3 Å². The molecular weight excluding hydrogens is 152 g/mol. The molecule has 12 heavy (non-hydrogen) atoms. The SMILES string of the molecule is CNC(C)CN.Cn1ccnc1. The maximum atomic E-state index is 5.22. The maximum Gasteiger partial charge on any atom is 0.0943 e. The summed E-state index contributed by atoms with van der Waals surface area (Å²) in [4.78, 5) is 3.78. The lowest BCUT2D eigenvalue weighted by atomic mass is 10.4. The van der Waals surface area contributed by atoms with E-state index in [-0.39, 0.29) is 0 Å². The van der Waals surface area contributed by atoms with E-state index >= 15 is 0 Å². The molecule has 0 fully saturated rings. The third-order valence-electron chi connectivity index (χ3n) is 1.48. The number of rotatable bonds is 2. The van der Waals surface area contributed by atoms with Gasteiger partial charge in [-0.25, -0.2) is 4.98 Å². The first-order valence-electron chi connectivity index (χ1n) is 4.00. The van der Waals surface area contributed by atoms with Crippen molar-refractivity contribution in [3.63, 3.8) is 0 Å². The summed E-state index contributed by atoms with van der Waals surface area (Å²) < 4.78 is 1.89. The van der Waals surface area contributed by atoms with Crippen LogP contribution in [-0.4, -0.2) is 29.2 Å². The second-order valence-electron chi connectivity index (χ2n) is 2.65. The van der Waals surface area contributed by atoms with Gasteiger partial charge in [0.25, 0.3) is 0 Å². The minimum atomic E-state index is 0.463. The number of aromatic nitrogens is 2. The monoisotopic (exact) mass is 170 g/mol. The molecule has 0 saturated heterocycles. The van der Waals surface area contributed by atoms with Crippen molar-refractivity contribution in [2.75, 3.05) is 13.6 Å². The Labute approximate surface area is 73.8 Å². The molecule has 1 rings (SSSR count). The third kappa shape index (κ3) is 5.88. The van der Waals surface area contributed by atoms with E-state index in [4.69, 9.17) is 5.73 Å². The highest BCUT2D eigenvalue weighted by molar-refractivity contribution is 4.70. The zero-order valence-corrected chi connectivity index (χ0v) is 7.99. The Balaban J connectivity index is 0.000000202. The summed E-state index contributed by atoms with van der Waals surface area (Å²) in [5.41, 5.74) is 5.22. The average Bonchev–Trinajstić information content (AvgIpc) is 2.55. The molecule has 3 N–H and O–H groups in total. The predicted octanol–water partition coefficient (Wildman–Crippen LogP) is -0.0269. The standard InChI is InChI=1S/C4H6N2.C4H12N2/c1-6-3-2-5-4-6;1-4(3-5)6-2/h2-4H,1H3;4,6H,3,5H2,1-2H3. The van der Waals surface area contributed by atoms with E-state index in [1.807, 2.05) is 31.8 Å². The molecule has 4 nitrogen and oxygen atoms in total. The Bertz CT molecular complexity index is 167. The normalized spacial score (nSPS) is 11.7. The molecule has 0 saturated carbocycles. The molecule has 0 spiro atoms. The molecule has 0 amide bonds. The van der Waals surface area contributed by atoms with Crippen LogP contribution in [0.3, 0.4) is 0 Å². The number of hydrogen-bond acceptors (Lipinski definition) is 3. The van der Waals surface area contributed by atoms with Gasteiger partial charge in [-0.1, -0.05) is 0 Å². The van der Waals surface area contributed by atoms with Gasteiger partial charge in [-0.05, 0) is 14.0 Å². The van der Waals surface area contributed by atoms with Crippen LogP contribution in [-0.2, 0) is 7.05 Å². The fraction of sp³-hybridized carbons (Fsp3) is 0.625. The van der Waals surface area contributed by atoms with E-state index in [9.17, 15) is 0 Å². The van der Waals surface area contributed by atoms with Crippen molar-refractivity contribution in [1.82, 2.24) is 14.9 Å². The zero-order chi connectivity index (χ0) is 9.40. The van der Waals surface area contributed by atoms with Crippen LogP contribution < -0.4 is 11.1 Å². The highest BCUT2D eigenvalue weighted by Gasteiger charge is 1.86. The number of hydrogen-bond donors (Lipinski definition) is 2. The molecule has 0 aliphatic heterocycles. The summed E-state index contributed by atoms with van der Waals surface area (Å²) >= 11 is 0. The Kier molecular flexibility index (Phi) is 6.32. The lowest BCUT2D eigenvalue weighted by Crippen LogP contribution is -2.29. The highest BCUT2D eigenvalue weighted by Crippen LogP contribution is 1.73. The van der Waals surface area contributed by atoms with Gasteiger partial charge in [0.05, 0.1) is 6.33 Å². The van der Waals surface area contributed by atoms with Gasteiger partial charge in [-0.3, -0.25) is 0 Å². The van der Waals surface area contributed by atoms with Crippen LogP contribution in [0.2, 0.25) is 0 Å². The van der Waals surface area contributed by atoms with E-state index in [0.29, 0.717) is 6.04 Å². The van der Waals surface area contributed by atoms with Crippen LogP contribution in [0.4, 0.5) is 0 Å². The summed E-state index contributed by atoms with van der Waals surface area (Å²) in [6.45, 7) is 2.76. The quantitative estimate of drug-likeness (QED) is 0.655. The van der Waals surface area contributed by atoms with Gasteiger partial charge in [0.2, 0.25) is 0 Å². The molecule has 1 unspecified atom stereocenters. The number of imidazole rings is 1. The second-order valence-corrected chi connectivity index (χ2v) is 2.65. The fourth-order valence-corrected chi connectivity index (χ4v) is 0.444. The minimum Gasteiger partial charge on any atom is -0.341 e. The topological polar surface area (TPSA) is 55.9 Å². The number of likely N-dealkylation sites (N-methyl/N-ethyl adjacent to an activating group) is 1. The van der Waals surface area contributed by atoms with Crippen LogP contribution in [0.25, 0.3) is 0 Å². The minimum absolute atomic E-state index is 0.463. The summed E-state index contributed by atoms with van der Waals surface area (Å²) in [6.07, 6.45) is 5.39. The lowest BCUT2D eigenvalue weighted by Gasteiger charge is -2.02. The van der Waals surface area contributed by atoms with Gasteiger partial charge in [0.1, 0.15) is 0 Å². The number of nitrogens with two attached hydrogens (primary N) is 1. The first kappa shape index (κ1) is 11.1. The molecule has 0 bridgehead atoms. The van der Waals surface area contributed by atoms with E-state index in [0.717, 1.165) is 6.54 Å². The van der Waals surface area contributed by atoms with E-state index in [1.165, 1.54) is 0 Å². The number of aryl methyl sites for hydroxylation is 1. The molecule has 0 aliphatic rings. The molecule has 1 aromatic rings. The Morgan fingerprint density at radius 1 is 1.67 bits per heavy atom. The summed E-state index contributed by atoms with van der Waals surface area (Å²) in [5, 5.41) is 2.99. The lowest BCUT2D eigenvalue weighted by molar-refractivity contribution is 0.621. The van der Waals surface area contributed by atoms with Crippen LogP contribution in [0.15, 0.2) is 18.7 Å². The average molecular weight is 170 g/mol. The second kappa shape index (κ2) is 6.82. The third-order valence-corrected chi connectivity index (χ3v) is 1.48. The van der Waals surface area contributed by atoms with E-state index in [1.54, 1.807) is 12.5 Å². The van der Waals surface area contributed by atoms with Crippen LogP contribution in [0.1, 0.15) is 6.92 Å². The molecule has 70 valence electrons. The molecule has 1 aromatic heterocycles. The van der Waals surface area contributed by atoms with Crippen molar-refractivity contribution in [3.05, 3.63) is 18.7 Å². The maximum absolute atomic E-state index is 5.22. The number of nitrogens with one attached hydrogen (secondary N) is 1. The van der Waals surface area contributed by atoms with Crippen molar-refractivity contribution < 1.29 is 0 Å². The van der Waals surface area contributed by atoms with Gasteiger partial charge >= 0.3 is 0 Å². The molecule has 1 atom stereocenters. The molecule has 1 heterocycles. The number of nitrogens with zero attached hydrogens (tertiary/aromatic N) is 2. The Morgan fingerprint density at radius 3 is 2.42 bits per heavy atom. The van der Waals surface area contributed by atoms with Gasteiger partial charge in [0.15, 0.2) is 0 Å². The molecule has 0 radical (unpaired) electrons. The van der Waals surface area contributed by atoms with Gasteiger partial charge in [0, 0.05) is 32.0 Å². The van der Waals surface area contributed by atoms with Crippen LogP contribution in [0, 0.1) is 0 Å². The van der Waals surface area contributed by atoms with Crippen molar-refractivity contribution in [2.45, 2.75) is 13.0 Å². The van der Waals surface area contributed by atoms with Crippen molar-refractivity contribution in [1.29, 1.82) is 0 Å². The summed E-state index contributed by atoms with van der Waals surface area (Å²) in [7, 11) is 3.84. The van der Waals surface area contributed by atoms with Gasteiger partial charge < -0.3 is 15.6 Å². The highest BCUT2D eigenvalue weighted by atomic mass is 15.0. The van der Waals surface area contributed by atoms with Crippen molar-refractivity contribution in [3.8, 4) is 0 Å². The van der Waals surface area contributed by atoms with Gasteiger partial charge in [-0.2, -0.15) is 0 Å².